The van der Waals surface area contributed by atoms with E-state index in [1.54, 1.807) is 0 Å². The smallest absolute Gasteiger partial charge is 0.348 e. The topological polar surface area (TPSA) is 49.9 Å². The van der Waals surface area contributed by atoms with Crippen LogP contribution in [0.5, 0.6) is 0 Å². The first-order chi connectivity index (χ1) is 11.1. The zero-order valence-corrected chi connectivity index (χ0v) is 14.4. The van der Waals surface area contributed by atoms with E-state index in [1.807, 2.05) is 23.3 Å². The molecule has 0 radical (unpaired) electrons. The second-order valence-corrected chi connectivity index (χ2v) is 7.28. The molecule has 1 aliphatic carbocycles. The molecular weight excluding hydrogens is 312 g/mol. The highest BCUT2D eigenvalue weighted by molar-refractivity contribution is 7.12. The molecule has 1 saturated carbocycles. The number of piperazine rings is 1. The molecule has 0 atom stereocenters. The van der Waals surface area contributed by atoms with Gasteiger partial charge in [0.1, 0.15) is 11.5 Å². The van der Waals surface area contributed by atoms with E-state index in [4.69, 9.17) is 4.74 Å². The Labute approximate surface area is 141 Å². The van der Waals surface area contributed by atoms with Crippen molar-refractivity contribution in [3.8, 4) is 0 Å². The molecule has 2 heterocycles. The number of aryl methyl sites for hydroxylation is 1. The fraction of sp³-hybridized carbons (Fsp3) is 0.647. The molecule has 0 bridgehead atoms. The van der Waals surface area contributed by atoms with Crippen LogP contribution in [0, 0.1) is 12.8 Å². The molecule has 1 aliphatic heterocycles. The highest BCUT2D eigenvalue weighted by atomic mass is 32.1. The summed E-state index contributed by atoms with van der Waals surface area (Å²) >= 11 is 1.43. The van der Waals surface area contributed by atoms with Crippen LogP contribution in [0.15, 0.2) is 11.4 Å². The lowest BCUT2D eigenvalue weighted by atomic mass is 9.84. The van der Waals surface area contributed by atoms with Gasteiger partial charge in [0.15, 0.2) is 0 Å². The monoisotopic (exact) mass is 336 g/mol. The van der Waals surface area contributed by atoms with E-state index >= 15 is 0 Å². The summed E-state index contributed by atoms with van der Waals surface area (Å²) < 4.78 is 5.36. The van der Waals surface area contributed by atoms with Crippen molar-refractivity contribution in [1.82, 2.24) is 9.80 Å². The Hall–Kier alpha value is -1.40. The van der Waals surface area contributed by atoms with Crippen LogP contribution in [0.4, 0.5) is 0 Å². The van der Waals surface area contributed by atoms with E-state index in [0.717, 1.165) is 51.1 Å². The summed E-state index contributed by atoms with van der Waals surface area (Å²) in [6.45, 7) is 6.41. The van der Waals surface area contributed by atoms with E-state index in [2.05, 4.69) is 4.90 Å². The van der Waals surface area contributed by atoms with Crippen LogP contribution in [0.2, 0.25) is 0 Å². The minimum atomic E-state index is -0.226. The number of amides is 1. The third kappa shape index (κ3) is 3.93. The van der Waals surface area contributed by atoms with Gasteiger partial charge in [-0.3, -0.25) is 9.69 Å². The number of hydrogen-bond donors (Lipinski definition) is 0. The predicted molar refractivity (Wildman–Crippen MR) is 89.7 cm³/mol. The van der Waals surface area contributed by atoms with Crippen LogP contribution >= 0.6 is 11.3 Å². The maximum Gasteiger partial charge on any atom is 0.348 e. The number of carbonyl (C=O) groups excluding carboxylic acids is 2. The molecule has 126 valence electrons. The second-order valence-electron chi connectivity index (χ2n) is 6.36. The Bertz CT molecular complexity index is 560. The molecule has 0 unspecified atom stereocenters. The molecule has 6 heteroatoms. The third-order valence-corrected chi connectivity index (χ3v) is 5.82. The average molecular weight is 336 g/mol. The standard InChI is InChI=1S/C17H24N2O3S/c1-13-5-12-23-15(13)17(21)22-11-10-18-6-8-19(9-7-18)16(20)14-3-2-4-14/h5,12,14H,2-4,6-11H2,1H3. The lowest BCUT2D eigenvalue weighted by Crippen LogP contribution is -2.51. The molecule has 3 rings (SSSR count). The third-order valence-electron chi connectivity index (χ3n) is 4.83. The fourth-order valence-electron chi connectivity index (χ4n) is 3.02. The second kappa shape index (κ2) is 7.45. The highest BCUT2D eigenvalue weighted by Crippen LogP contribution is 2.28. The first kappa shape index (κ1) is 16.5. The van der Waals surface area contributed by atoms with E-state index in [0.29, 0.717) is 17.4 Å². The number of thiophene rings is 1. The van der Waals surface area contributed by atoms with Gasteiger partial charge < -0.3 is 9.64 Å². The van der Waals surface area contributed by atoms with E-state index in [1.165, 1.54) is 17.8 Å². The molecule has 0 N–H and O–H groups in total. The summed E-state index contributed by atoms with van der Waals surface area (Å²) in [5.41, 5.74) is 0.975. The van der Waals surface area contributed by atoms with Crippen molar-refractivity contribution in [3.63, 3.8) is 0 Å². The first-order valence-electron chi connectivity index (χ1n) is 8.37. The van der Waals surface area contributed by atoms with Gasteiger partial charge in [0, 0.05) is 38.6 Å². The highest BCUT2D eigenvalue weighted by Gasteiger charge is 2.31. The van der Waals surface area contributed by atoms with Crippen LogP contribution in [-0.4, -0.2) is 61.0 Å². The van der Waals surface area contributed by atoms with Crippen molar-refractivity contribution in [2.24, 2.45) is 5.92 Å². The van der Waals surface area contributed by atoms with Gasteiger partial charge in [0.05, 0.1) is 0 Å². The largest absolute Gasteiger partial charge is 0.460 e. The van der Waals surface area contributed by atoms with Gasteiger partial charge in [-0.1, -0.05) is 6.42 Å². The summed E-state index contributed by atoms with van der Waals surface area (Å²) in [5, 5.41) is 1.91. The van der Waals surface area contributed by atoms with Crippen molar-refractivity contribution in [1.29, 1.82) is 0 Å². The molecule has 2 fully saturated rings. The minimum Gasteiger partial charge on any atom is -0.460 e. The molecule has 1 aromatic heterocycles. The Morgan fingerprint density at radius 3 is 2.57 bits per heavy atom. The Morgan fingerprint density at radius 1 is 1.26 bits per heavy atom. The lowest BCUT2D eigenvalue weighted by Gasteiger charge is -2.38. The Kier molecular flexibility index (Phi) is 5.33. The van der Waals surface area contributed by atoms with Gasteiger partial charge in [-0.15, -0.1) is 11.3 Å². The molecule has 2 aliphatic rings. The van der Waals surface area contributed by atoms with Crippen LogP contribution < -0.4 is 0 Å². The van der Waals surface area contributed by atoms with Crippen molar-refractivity contribution >= 4 is 23.2 Å². The number of ether oxygens (including phenoxy) is 1. The summed E-state index contributed by atoms with van der Waals surface area (Å²) in [6, 6.07) is 1.93. The zero-order chi connectivity index (χ0) is 16.2. The van der Waals surface area contributed by atoms with Crippen molar-refractivity contribution in [3.05, 3.63) is 21.9 Å². The Morgan fingerprint density at radius 2 is 2.00 bits per heavy atom. The molecular formula is C17H24N2O3S. The SMILES string of the molecule is Cc1ccsc1C(=O)OCCN1CCN(C(=O)C2CCC2)CC1. The number of hydrogen-bond acceptors (Lipinski definition) is 5. The van der Waals surface area contributed by atoms with Crippen LogP contribution in [-0.2, 0) is 9.53 Å². The summed E-state index contributed by atoms with van der Waals surface area (Å²) in [6.07, 6.45) is 3.33. The van der Waals surface area contributed by atoms with Crippen molar-refractivity contribution < 1.29 is 14.3 Å². The molecule has 5 nitrogen and oxygen atoms in total. The van der Waals surface area contributed by atoms with Gasteiger partial charge in [-0.25, -0.2) is 4.79 Å². The minimum absolute atomic E-state index is 0.226. The molecule has 0 aromatic carbocycles. The lowest BCUT2D eigenvalue weighted by molar-refractivity contribution is -0.140. The summed E-state index contributed by atoms with van der Waals surface area (Å²) in [5.74, 6) is 0.406. The maximum atomic E-state index is 12.2. The summed E-state index contributed by atoms with van der Waals surface area (Å²) in [7, 11) is 0. The fourth-order valence-corrected chi connectivity index (χ4v) is 3.84. The van der Waals surface area contributed by atoms with Gasteiger partial charge in [0.2, 0.25) is 5.91 Å². The van der Waals surface area contributed by atoms with Crippen LogP contribution in [0.3, 0.4) is 0 Å². The van der Waals surface area contributed by atoms with Gasteiger partial charge in [0.25, 0.3) is 0 Å². The number of rotatable bonds is 5. The molecule has 0 spiro atoms. The maximum absolute atomic E-state index is 12.2. The van der Waals surface area contributed by atoms with E-state index in [-0.39, 0.29) is 11.9 Å². The molecule has 1 saturated heterocycles. The van der Waals surface area contributed by atoms with Crippen molar-refractivity contribution in [2.75, 3.05) is 39.3 Å². The normalized spacial score (nSPS) is 19.4. The Balaban J connectivity index is 1.35. The molecule has 23 heavy (non-hydrogen) atoms. The predicted octanol–water partition coefficient (Wildman–Crippen LogP) is 2.16. The molecule has 1 amide bonds. The van der Waals surface area contributed by atoms with Gasteiger partial charge in [-0.2, -0.15) is 0 Å². The van der Waals surface area contributed by atoms with Gasteiger partial charge >= 0.3 is 5.97 Å². The zero-order valence-electron chi connectivity index (χ0n) is 13.6. The van der Waals surface area contributed by atoms with E-state index in [9.17, 15) is 9.59 Å². The average Bonchev–Trinajstić information content (AvgIpc) is 2.92. The number of carbonyl (C=O) groups is 2. The molecule has 1 aromatic rings. The number of nitrogens with zero attached hydrogens (tertiary/aromatic N) is 2. The summed E-state index contributed by atoms with van der Waals surface area (Å²) in [4.78, 5) is 29.1. The first-order valence-corrected chi connectivity index (χ1v) is 9.25. The quantitative estimate of drug-likeness (QED) is 0.773. The number of esters is 1. The van der Waals surface area contributed by atoms with Crippen LogP contribution in [0.1, 0.15) is 34.5 Å². The van der Waals surface area contributed by atoms with Gasteiger partial charge in [-0.05, 0) is 36.8 Å². The van der Waals surface area contributed by atoms with Crippen LogP contribution in [0.25, 0.3) is 0 Å². The van der Waals surface area contributed by atoms with E-state index < -0.39 is 0 Å². The van der Waals surface area contributed by atoms with Crippen molar-refractivity contribution in [2.45, 2.75) is 26.2 Å².